The van der Waals surface area contributed by atoms with E-state index in [9.17, 15) is 19.8 Å². The molecule has 0 aliphatic heterocycles. The van der Waals surface area contributed by atoms with Gasteiger partial charge in [0.25, 0.3) is 0 Å². The van der Waals surface area contributed by atoms with Crippen LogP contribution in [-0.2, 0) is 14.3 Å². The molecule has 68 heavy (non-hydrogen) atoms. The third-order valence-corrected chi connectivity index (χ3v) is 13.9. The van der Waals surface area contributed by atoms with Gasteiger partial charge in [-0.15, -0.1) is 0 Å². The molecule has 0 saturated carbocycles. The molecule has 6 nitrogen and oxygen atoms in total. The second kappa shape index (κ2) is 57.7. The Morgan fingerprint density at radius 1 is 0.397 bits per heavy atom. The van der Waals surface area contributed by atoms with Crippen molar-refractivity contribution in [3.05, 3.63) is 36.5 Å². The van der Waals surface area contributed by atoms with Crippen LogP contribution in [0.1, 0.15) is 322 Å². The maximum Gasteiger partial charge on any atom is 0.305 e. The molecule has 3 N–H and O–H groups in total. The maximum atomic E-state index is 12.4. The number of amides is 1. The fourth-order valence-electron chi connectivity index (χ4n) is 9.21. The predicted octanol–water partition coefficient (Wildman–Crippen LogP) is 18.8. The van der Waals surface area contributed by atoms with Gasteiger partial charge >= 0.3 is 5.97 Å². The molecule has 400 valence electrons. The van der Waals surface area contributed by atoms with E-state index >= 15 is 0 Å². The highest BCUT2D eigenvalue weighted by atomic mass is 16.5. The summed E-state index contributed by atoms with van der Waals surface area (Å²) in [6, 6.07) is -0.631. The first-order chi connectivity index (χ1) is 33.5. The number of rotatable bonds is 56. The Morgan fingerprint density at radius 3 is 1.04 bits per heavy atom. The van der Waals surface area contributed by atoms with Gasteiger partial charge in [-0.25, -0.2) is 0 Å². The lowest BCUT2D eigenvalue weighted by Gasteiger charge is -2.20. The third-order valence-electron chi connectivity index (χ3n) is 13.9. The minimum atomic E-state index is -0.847. The average molecular weight is 957 g/mol. The van der Waals surface area contributed by atoms with E-state index in [0.717, 1.165) is 51.4 Å². The van der Waals surface area contributed by atoms with E-state index in [2.05, 4.69) is 43.5 Å². The zero-order valence-electron chi connectivity index (χ0n) is 45.6. The summed E-state index contributed by atoms with van der Waals surface area (Å²) in [6.07, 6.45) is 71.8. The van der Waals surface area contributed by atoms with Crippen molar-refractivity contribution in [2.45, 2.75) is 334 Å². The van der Waals surface area contributed by atoms with Crippen molar-refractivity contribution in [3.63, 3.8) is 0 Å². The second-order valence-electron chi connectivity index (χ2n) is 20.7. The summed E-state index contributed by atoms with van der Waals surface area (Å²) in [5, 5.41) is 23.0. The van der Waals surface area contributed by atoms with Crippen LogP contribution < -0.4 is 5.32 Å². The number of carbonyl (C=O) groups is 2. The molecule has 0 aromatic heterocycles. The lowest BCUT2D eigenvalue weighted by Crippen LogP contribution is -2.45. The molecule has 6 heteroatoms. The number of hydrogen-bond acceptors (Lipinski definition) is 5. The fraction of sp³-hybridized carbons (Fsp3) is 0.871. The predicted molar refractivity (Wildman–Crippen MR) is 296 cm³/mol. The van der Waals surface area contributed by atoms with Gasteiger partial charge in [0.2, 0.25) is 5.91 Å². The maximum absolute atomic E-state index is 12.4. The van der Waals surface area contributed by atoms with Gasteiger partial charge in [-0.2, -0.15) is 0 Å². The standard InChI is InChI=1S/C62H117NO5/c1-3-5-7-9-11-13-15-17-18-29-32-36-40-44-48-52-56-62(67)68-57-53-49-45-41-37-33-30-27-25-23-21-19-20-22-24-26-28-31-35-39-43-47-51-55-61(66)63-59(58-64)60(65)54-50-46-42-38-34-16-14-12-10-8-6-4-2/h18,22,24,29,50,54,59-60,64-65H,3-17,19-21,23,25-28,30-49,51-53,55-58H2,1-2H3,(H,63,66)/b24-22-,29-18-,54-50+. The van der Waals surface area contributed by atoms with Crippen molar-refractivity contribution in [3.8, 4) is 0 Å². The molecule has 0 heterocycles. The van der Waals surface area contributed by atoms with E-state index in [1.54, 1.807) is 6.08 Å². The first-order valence-electron chi connectivity index (χ1n) is 30.3. The van der Waals surface area contributed by atoms with Crippen LogP contribution in [-0.4, -0.2) is 47.4 Å². The highest BCUT2D eigenvalue weighted by molar-refractivity contribution is 5.76. The van der Waals surface area contributed by atoms with E-state index in [-0.39, 0.29) is 18.5 Å². The minimum Gasteiger partial charge on any atom is -0.466 e. The van der Waals surface area contributed by atoms with E-state index in [4.69, 9.17) is 4.74 Å². The summed E-state index contributed by atoms with van der Waals surface area (Å²) in [7, 11) is 0. The van der Waals surface area contributed by atoms with Gasteiger partial charge in [-0.1, -0.05) is 262 Å². The molecule has 0 aromatic rings. The number of ether oxygens (including phenoxy) is 1. The Morgan fingerprint density at radius 2 is 0.691 bits per heavy atom. The largest absolute Gasteiger partial charge is 0.466 e. The van der Waals surface area contributed by atoms with Gasteiger partial charge in [-0.05, 0) is 83.5 Å². The zero-order valence-corrected chi connectivity index (χ0v) is 45.6. The van der Waals surface area contributed by atoms with Crippen LogP contribution in [0.25, 0.3) is 0 Å². The van der Waals surface area contributed by atoms with Crippen LogP contribution in [0.3, 0.4) is 0 Å². The first kappa shape index (κ1) is 66.1. The van der Waals surface area contributed by atoms with Crippen molar-refractivity contribution in [1.82, 2.24) is 5.32 Å². The smallest absolute Gasteiger partial charge is 0.305 e. The number of aliphatic hydroxyl groups excluding tert-OH is 2. The molecule has 0 spiro atoms. The molecule has 0 bridgehead atoms. The van der Waals surface area contributed by atoms with Gasteiger partial charge in [-0.3, -0.25) is 9.59 Å². The lowest BCUT2D eigenvalue weighted by molar-refractivity contribution is -0.143. The average Bonchev–Trinajstić information content (AvgIpc) is 3.34. The van der Waals surface area contributed by atoms with Gasteiger partial charge in [0, 0.05) is 12.8 Å². The van der Waals surface area contributed by atoms with E-state index in [0.29, 0.717) is 19.4 Å². The van der Waals surface area contributed by atoms with Crippen LogP contribution in [0.15, 0.2) is 36.5 Å². The molecule has 0 aromatic carbocycles. The Kier molecular flexibility index (Phi) is 56.0. The Bertz CT molecular complexity index is 1100. The highest BCUT2D eigenvalue weighted by Crippen LogP contribution is 2.16. The van der Waals surface area contributed by atoms with Gasteiger partial charge in [0.05, 0.1) is 25.4 Å². The van der Waals surface area contributed by atoms with Crippen molar-refractivity contribution >= 4 is 11.9 Å². The van der Waals surface area contributed by atoms with Crippen LogP contribution in [0.5, 0.6) is 0 Å². The minimum absolute atomic E-state index is 0.00340. The molecule has 0 radical (unpaired) electrons. The number of nitrogens with one attached hydrogen (secondary N) is 1. The molecule has 1 amide bonds. The number of aliphatic hydroxyl groups is 2. The van der Waals surface area contributed by atoms with Crippen LogP contribution in [0, 0.1) is 0 Å². The fourth-order valence-corrected chi connectivity index (χ4v) is 9.21. The Hall–Kier alpha value is -1.92. The monoisotopic (exact) mass is 956 g/mol. The topological polar surface area (TPSA) is 95.9 Å². The Balaban J connectivity index is 3.41. The summed E-state index contributed by atoms with van der Waals surface area (Å²) < 4.78 is 5.48. The number of unbranched alkanes of at least 4 members (excludes halogenated alkanes) is 41. The second-order valence-corrected chi connectivity index (χ2v) is 20.7. The lowest BCUT2D eigenvalue weighted by atomic mass is 10.0. The van der Waals surface area contributed by atoms with E-state index in [1.165, 1.54) is 244 Å². The number of allylic oxidation sites excluding steroid dienone is 5. The molecule has 0 rings (SSSR count). The van der Waals surface area contributed by atoms with Crippen LogP contribution >= 0.6 is 0 Å². The summed E-state index contributed by atoms with van der Waals surface area (Å²) in [5.41, 5.74) is 0. The third kappa shape index (κ3) is 53.4. The molecular weight excluding hydrogens is 839 g/mol. The number of carbonyl (C=O) groups excluding carboxylic acids is 2. The number of hydrogen-bond donors (Lipinski definition) is 3. The zero-order chi connectivity index (χ0) is 49.3. The summed E-state index contributed by atoms with van der Waals surface area (Å²) in [6.45, 7) is 4.89. The molecule has 0 aliphatic rings. The van der Waals surface area contributed by atoms with Crippen LogP contribution in [0.2, 0.25) is 0 Å². The van der Waals surface area contributed by atoms with Gasteiger partial charge < -0.3 is 20.3 Å². The number of esters is 1. The summed E-state index contributed by atoms with van der Waals surface area (Å²) in [5.74, 6) is -0.0715. The van der Waals surface area contributed by atoms with E-state index in [1.807, 2.05) is 6.08 Å². The molecule has 0 aliphatic carbocycles. The highest BCUT2D eigenvalue weighted by Gasteiger charge is 2.18. The molecule has 0 saturated heterocycles. The quantitative estimate of drug-likeness (QED) is 0.0321. The SMILES string of the molecule is CCCCCCCCC/C=C\CCCCCCCC(=O)OCCCCCCCCCCCCCC/C=C\CCCCCCCCCC(=O)NC(CO)C(O)/C=C/CCCCCCCCCCCC. The van der Waals surface area contributed by atoms with Crippen molar-refractivity contribution in [1.29, 1.82) is 0 Å². The van der Waals surface area contributed by atoms with Gasteiger partial charge in [0.15, 0.2) is 0 Å². The molecule has 2 unspecified atom stereocenters. The summed E-state index contributed by atoms with van der Waals surface area (Å²) >= 11 is 0. The Labute approximate surface area is 424 Å². The molecule has 2 atom stereocenters. The summed E-state index contributed by atoms with van der Waals surface area (Å²) in [4.78, 5) is 24.5. The molecular formula is C62H117NO5. The first-order valence-corrected chi connectivity index (χ1v) is 30.3. The van der Waals surface area contributed by atoms with E-state index < -0.39 is 12.1 Å². The van der Waals surface area contributed by atoms with Crippen molar-refractivity contribution in [2.75, 3.05) is 13.2 Å². The van der Waals surface area contributed by atoms with Gasteiger partial charge in [0.1, 0.15) is 0 Å². The van der Waals surface area contributed by atoms with Crippen molar-refractivity contribution < 1.29 is 24.5 Å². The molecule has 0 fully saturated rings. The van der Waals surface area contributed by atoms with Crippen LogP contribution in [0.4, 0.5) is 0 Å². The van der Waals surface area contributed by atoms with Crippen molar-refractivity contribution in [2.24, 2.45) is 0 Å². The normalized spacial score (nSPS) is 12.8.